The summed E-state index contributed by atoms with van der Waals surface area (Å²) < 4.78 is 17.1. The normalized spacial score (nSPS) is 23.3. The minimum atomic E-state index is 0.127. The first-order valence-corrected chi connectivity index (χ1v) is 13.0. The van der Waals surface area contributed by atoms with Crippen LogP contribution in [0, 0.1) is 0 Å². The third-order valence-corrected chi connectivity index (χ3v) is 7.06. The molecule has 3 aromatic rings. The van der Waals surface area contributed by atoms with Crippen LogP contribution in [0.1, 0.15) is 13.8 Å². The Morgan fingerprint density at radius 2 is 1.44 bits per heavy atom. The summed E-state index contributed by atoms with van der Waals surface area (Å²) in [5, 5.41) is 0.975. The molecule has 9 heteroatoms. The lowest BCUT2D eigenvalue weighted by Gasteiger charge is -2.36. The SMILES string of the molecule is CC1CN(c2nc(N3CCOCC3)c3ccc(-c4cccc(N5CCOCC5)c4)nc3n2)CC(C)O1. The lowest BCUT2D eigenvalue weighted by molar-refractivity contribution is -0.00570. The van der Waals surface area contributed by atoms with Gasteiger partial charge in [-0.2, -0.15) is 9.97 Å². The molecule has 2 unspecified atom stereocenters. The molecule has 1 aromatic carbocycles. The summed E-state index contributed by atoms with van der Waals surface area (Å²) in [6.07, 6.45) is 0.254. The molecule has 3 aliphatic heterocycles. The number of hydrogen-bond acceptors (Lipinski definition) is 9. The minimum absolute atomic E-state index is 0.127. The Labute approximate surface area is 212 Å². The molecule has 3 aliphatic rings. The number of aromatic nitrogens is 3. The molecular formula is C27H34N6O3. The van der Waals surface area contributed by atoms with Crippen molar-refractivity contribution >= 4 is 28.5 Å². The number of nitrogens with zero attached hydrogens (tertiary/aromatic N) is 6. The molecule has 0 bridgehead atoms. The molecule has 5 heterocycles. The van der Waals surface area contributed by atoms with Gasteiger partial charge >= 0.3 is 0 Å². The maximum atomic E-state index is 5.96. The van der Waals surface area contributed by atoms with E-state index >= 15 is 0 Å². The van der Waals surface area contributed by atoms with E-state index in [1.54, 1.807) is 0 Å². The van der Waals surface area contributed by atoms with Crippen LogP contribution in [0.5, 0.6) is 0 Å². The molecule has 3 fully saturated rings. The molecule has 0 N–H and O–H groups in total. The zero-order valence-electron chi connectivity index (χ0n) is 21.1. The van der Waals surface area contributed by atoms with Crippen LogP contribution in [-0.4, -0.2) is 92.9 Å². The van der Waals surface area contributed by atoms with Gasteiger partial charge in [-0.15, -0.1) is 0 Å². The van der Waals surface area contributed by atoms with E-state index in [9.17, 15) is 0 Å². The molecule has 3 saturated heterocycles. The zero-order chi connectivity index (χ0) is 24.5. The highest BCUT2D eigenvalue weighted by molar-refractivity contribution is 5.90. The van der Waals surface area contributed by atoms with Crippen LogP contribution in [-0.2, 0) is 14.2 Å². The highest BCUT2D eigenvalue weighted by atomic mass is 16.5. The Kier molecular flexibility index (Phi) is 6.60. The van der Waals surface area contributed by atoms with Crippen molar-refractivity contribution in [2.24, 2.45) is 0 Å². The summed E-state index contributed by atoms with van der Waals surface area (Å²) in [5.74, 6) is 1.66. The summed E-state index contributed by atoms with van der Waals surface area (Å²) in [6.45, 7) is 12.1. The van der Waals surface area contributed by atoms with E-state index in [0.29, 0.717) is 13.2 Å². The average Bonchev–Trinajstić information content (AvgIpc) is 2.92. The van der Waals surface area contributed by atoms with E-state index in [1.165, 1.54) is 5.69 Å². The molecule has 0 amide bonds. The number of fused-ring (bicyclic) bond motifs is 1. The van der Waals surface area contributed by atoms with Crippen LogP contribution in [0.25, 0.3) is 22.3 Å². The molecule has 0 spiro atoms. The maximum Gasteiger partial charge on any atom is 0.229 e. The van der Waals surface area contributed by atoms with Crippen molar-refractivity contribution in [3.8, 4) is 11.3 Å². The number of ether oxygens (including phenoxy) is 3. The van der Waals surface area contributed by atoms with Gasteiger partial charge in [0, 0.05) is 50.5 Å². The van der Waals surface area contributed by atoms with Gasteiger partial charge in [0.2, 0.25) is 5.95 Å². The maximum absolute atomic E-state index is 5.96. The molecule has 0 aliphatic carbocycles. The predicted octanol–water partition coefficient (Wildman–Crippen LogP) is 2.98. The Balaban J connectivity index is 1.40. The molecular weight excluding hydrogens is 456 g/mol. The van der Waals surface area contributed by atoms with Crippen molar-refractivity contribution in [1.29, 1.82) is 0 Å². The highest BCUT2D eigenvalue weighted by Gasteiger charge is 2.27. The lowest BCUT2D eigenvalue weighted by Crippen LogP contribution is -2.46. The fourth-order valence-corrected chi connectivity index (χ4v) is 5.33. The minimum Gasteiger partial charge on any atom is -0.378 e. The van der Waals surface area contributed by atoms with Crippen LogP contribution in [0.15, 0.2) is 36.4 Å². The van der Waals surface area contributed by atoms with Gasteiger partial charge in [-0.25, -0.2) is 4.98 Å². The van der Waals surface area contributed by atoms with Gasteiger partial charge in [0.1, 0.15) is 5.82 Å². The topological polar surface area (TPSA) is 76.1 Å². The highest BCUT2D eigenvalue weighted by Crippen LogP contribution is 2.31. The average molecular weight is 491 g/mol. The monoisotopic (exact) mass is 490 g/mol. The first kappa shape index (κ1) is 23.4. The van der Waals surface area contributed by atoms with Gasteiger partial charge in [-0.05, 0) is 38.1 Å². The number of morpholine rings is 3. The van der Waals surface area contributed by atoms with Crippen LogP contribution in [0.3, 0.4) is 0 Å². The largest absolute Gasteiger partial charge is 0.378 e. The second-order valence-electron chi connectivity index (χ2n) is 9.83. The van der Waals surface area contributed by atoms with Crippen molar-refractivity contribution in [1.82, 2.24) is 15.0 Å². The first-order valence-electron chi connectivity index (χ1n) is 13.0. The van der Waals surface area contributed by atoms with Gasteiger partial charge in [0.25, 0.3) is 0 Å². The van der Waals surface area contributed by atoms with Crippen LogP contribution >= 0.6 is 0 Å². The molecule has 6 rings (SSSR count). The molecule has 0 radical (unpaired) electrons. The summed E-state index contributed by atoms with van der Waals surface area (Å²) >= 11 is 0. The Morgan fingerprint density at radius 1 is 0.750 bits per heavy atom. The van der Waals surface area contributed by atoms with E-state index in [1.807, 2.05) is 0 Å². The number of benzene rings is 1. The lowest BCUT2D eigenvalue weighted by atomic mass is 10.1. The third kappa shape index (κ3) is 4.83. The second kappa shape index (κ2) is 10.2. The standard InChI is InChI=1S/C27H34N6O3/c1-19-17-33(18-20(2)36-19)27-29-25-23(26(30-27)32-10-14-35-15-11-32)6-7-24(28-25)21-4-3-5-22(16-21)31-8-12-34-13-9-31/h3-7,16,19-20H,8-15,17-18H2,1-2H3. The van der Waals surface area contributed by atoms with E-state index in [0.717, 1.165) is 86.5 Å². The summed E-state index contributed by atoms with van der Waals surface area (Å²) in [6, 6.07) is 12.8. The van der Waals surface area contributed by atoms with Crippen molar-refractivity contribution < 1.29 is 14.2 Å². The second-order valence-corrected chi connectivity index (χ2v) is 9.83. The van der Waals surface area contributed by atoms with Crippen molar-refractivity contribution in [3.63, 3.8) is 0 Å². The van der Waals surface area contributed by atoms with Gasteiger partial charge in [0.15, 0.2) is 5.65 Å². The van der Waals surface area contributed by atoms with E-state index in [4.69, 9.17) is 29.2 Å². The Morgan fingerprint density at radius 3 is 2.17 bits per heavy atom. The molecule has 190 valence electrons. The van der Waals surface area contributed by atoms with Gasteiger partial charge in [-0.3, -0.25) is 0 Å². The smallest absolute Gasteiger partial charge is 0.229 e. The van der Waals surface area contributed by atoms with Crippen LogP contribution < -0.4 is 14.7 Å². The number of rotatable bonds is 4. The van der Waals surface area contributed by atoms with E-state index in [-0.39, 0.29) is 12.2 Å². The summed E-state index contributed by atoms with van der Waals surface area (Å²) in [4.78, 5) is 22.0. The fraction of sp³-hybridized carbons (Fsp3) is 0.519. The number of anilines is 3. The third-order valence-electron chi connectivity index (χ3n) is 7.06. The molecule has 2 aromatic heterocycles. The first-order chi connectivity index (χ1) is 17.6. The van der Waals surface area contributed by atoms with Crippen molar-refractivity contribution in [2.45, 2.75) is 26.1 Å². The molecule has 0 saturated carbocycles. The van der Waals surface area contributed by atoms with Gasteiger partial charge in [0.05, 0.1) is 49.7 Å². The predicted molar refractivity (Wildman–Crippen MR) is 141 cm³/mol. The molecule has 9 nitrogen and oxygen atoms in total. The number of hydrogen-bond donors (Lipinski definition) is 0. The summed E-state index contributed by atoms with van der Waals surface area (Å²) in [5.41, 5.74) is 3.93. The zero-order valence-corrected chi connectivity index (χ0v) is 21.1. The number of pyridine rings is 1. The van der Waals surface area contributed by atoms with Gasteiger partial charge in [-0.1, -0.05) is 12.1 Å². The van der Waals surface area contributed by atoms with Crippen molar-refractivity contribution in [2.75, 3.05) is 80.4 Å². The van der Waals surface area contributed by atoms with Crippen LogP contribution in [0.4, 0.5) is 17.5 Å². The Hall–Kier alpha value is -3.01. The molecule has 36 heavy (non-hydrogen) atoms. The van der Waals surface area contributed by atoms with E-state index < -0.39 is 0 Å². The Bertz CT molecular complexity index is 1200. The van der Waals surface area contributed by atoms with Crippen LogP contribution in [0.2, 0.25) is 0 Å². The van der Waals surface area contributed by atoms with Gasteiger partial charge < -0.3 is 28.9 Å². The molecule has 2 atom stereocenters. The summed E-state index contributed by atoms with van der Waals surface area (Å²) in [7, 11) is 0. The fourth-order valence-electron chi connectivity index (χ4n) is 5.33. The quantitative estimate of drug-likeness (QED) is 0.549. The van der Waals surface area contributed by atoms with Crippen molar-refractivity contribution in [3.05, 3.63) is 36.4 Å². The van der Waals surface area contributed by atoms with E-state index in [2.05, 4.69) is 64.9 Å².